The number of rotatable bonds is 8. The number of nitrogens with zero attached hydrogens (tertiary/aromatic N) is 3. The largest absolute Gasteiger partial charge is 0.253 e. The van der Waals surface area contributed by atoms with Crippen molar-refractivity contribution >= 4 is 23.2 Å². The van der Waals surface area contributed by atoms with Gasteiger partial charge in [-0.1, -0.05) is 54.6 Å². The van der Waals surface area contributed by atoms with Crippen LogP contribution in [0.2, 0.25) is 0 Å². The van der Waals surface area contributed by atoms with E-state index in [9.17, 15) is 0 Å². The first kappa shape index (κ1) is 18.6. The summed E-state index contributed by atoms with van der Waals surface area (Å²) in [5, 5.41) is 8.60. The lowest BCUT2D eigenvalue weighted by Crippen LogP contribution is -2.33. The maximum absolute atomic E-state index is 4.24. The number of hydrogen-bond donors (Lipinski definition) is 0. The average Bonchev–Trinajstić information content (AvgIpc) is 3.30. The molecule has 1 heterocycles. The zero-order chi connectivity index (χ0) is 19.1. The fourth-order valence-electron chi connectivity index (χ4n) is 3.85. The molecule has 4 heteroatoms. The lowest BCUT2D eigenvalue weighted by atomic mass is 10.3. The maximum Gasteiger partial charge on any atom is 0.137 e. The van der Waals surface area contributed by atoms with E-state index in [1.807, 2.05) is 4.68 Å². The minimum Gasteiger partial charge on any atom is -0.253 e. The van der Waals surface area contributed by atoms with Crippen LogP contribution in [0.4, 0.5) is 0 Å². The minimum atomic E-state index is -1.71. The third-order valence-corrected chi connectivity index (χ3v) is 9.71. The van der Waals surface area contributed by atoms with Crippen molar-refractivity contribution in [3.8, 4) is 0 Å². The molecule has 0 bridgehead atoms. The molecule has 0 spiro atoms. The summed E-state index contributed by atoms with van der Waals surface area (Å²) < 4.78 is 1.92. The van der Waals surface area contributed by atoms with E-state index in [4.69, 9.17) is 0 Å². The maximum atomic E-state index is 4.24. The Balaban J connectivity index is 1.72. The third kappa shape index (κ3) is 3.90. The van der Waals surface area contributed by atoms with Gasteiger partial charge in [-0.25, -0.2) is 4.98 Å². The van der Waals surface area contributed by atoms with Gasteiger partial charge in [0.05, 0.1) is 6.16 Å². The molecule has 0 saturated heterocycles. The van der Waals surface area contributed by atoms with Crippen LogP contribution in [0.1, 0.15) is 12.8 Å². The molecule has 4 rings (SSSR count). The molecular weight excluding hydrogens is 361 g/mol. The summed E-state index contributed by atoms with van der Waals surface area (Å²) in [6.07, 6.45) is 6.80. The molecule has 0 N–H and O–H groups in total. The molecule has 0 saturated carbocycles. The summed E-state index contributed by atoms with van der Waals surface area (Å²) in [6, 6.07) is 33.2. The Morgan fingerprint density at radius 2 is 1.14 bits per heavy atom. The molecule has 0 amide bonds. The SMILES string of the molecule is c1ccc([P+](CCCCn2cncn2)(c2ccccc2)c2ccccc2)cc1. The van der Waals surface area contributed by atoms with Gasteiger partial charge in [0, 0.05) is 6.54 Å². The van der Waals surface area contributed by atoms with Gasteiger partial charge in [-0.05, 0) is 49.2 Å². The monoisotopic (exact) mass is 386 g/mol. The highest BCUT2D eigenvalue weighted by Gasteiger charge is 2.44. The Kier molecular flexibility index (Phi) is 5.94. The Labute approximate surface area is 167 Å². The highest BCUT2D eigenvalue weighted by Crippen LogP contribution is 2.55. The van der Waals surface area contributed by atoms with Crippen molar-refractivity contribution in [1.82, 2.24) is 14.8 Å². The van der Waals surface area contributed by atoms with Crippen molar-refractivity contribution in [2.24, 2.45) is 0 Å². The van der Waals surface area contributed by atoms with Crippen LogP contribution in [-0.4, -0.2) is 20.9 Å². The number of aryl methyl sites for hydroxylation is 1. The summed E-state index contributed by atoms with van der Waals surface area (Å²) in [5.41, 5.74) is 0. The second kappa shape index (κ2) is 8.95. The van der Waals surface area contributed by atoms with Crippen LogP contribution in [0.5, 0.6) is 0 Å². The quantitative estimate of drug-likeness (QED) is 0.338. The Morgan fingerprint density at radius 1 is 0.643 bits per heavy atom. The van der Waals surface area contributed by atoms with E-state index in [1.54, 1.807) is 12.7 Å². The predicted molar refractivity (Wildman–Crippen MR) is 119 cm³/mol. The van der Waals surface area contributed by atoms with Crippen molar-refractivity contribution in [1.29, 1.82) is 0 Å². The Morgan fingerprint density at radius 3 is 1.57 bits per heavy atom. The molecule has 0 aliphatic carbocycles. The lowest BCUT2D eigenvalue weighted by Gasteiger charge is -2.27. The summed E-state index contributed by atoms with van der Waals surface area (Å²) in [6.45, 7) is 0.915. The molecule has 3 aromatic carbocycles. The van der Waals surface area contributed by atoms with Crippen molar-refractivity contribution in [3.05, 3.63) is 104 Å². The van der Waals surface area contributed by atoms with Crippen LogP contribution in [0, 0.1) is 0 Å². The van der Waals surface area contributed by atoms with Gasteiger partial charge in [-0.2, -0.15) is 5.10 Å². The highest BCUT2D eigenvalue weighted by molar-refractivity contribution is 7.95. The molecule has 140 valence electrons. The van der Waals surface area contributed by atoms with E-state index < -0.39 is 7.26 Å². The van der Waals surface area contributed by atoms with Crippen molar-refractivity contribution < 1.29 is 0 Å². The normalized spacial score (nSPS) is 11.4. The minimum absolute atomic E-state index is 0.915. The van der Waals surface area contributed by atoms with Gasteiger partial charge in [0.2, 0.25) is 0 Å². The standard InChI is InChI=1S/C24H25N3P/c1-4-12-22(13-5-1)28(23-14-6-2-7-15-23,24-16-8-3-9-17-24)19-11-10-18-27-21-25-20-26-27/h1-9,12-17,20-21H,10-11,18-19H2/q+1. The fraction of sp³-hybridized carbons (Fsp3) is 0.167. The van der Waals surface area contributed by atoms with E-state index in [0.29, 0.717) is 0 Å². The summed E-state index contributed by atoms with van der Waals surface area (Å²) >= 11 is 0. The summed E-state index contributed by atoms with van der Waals surface area (Å²) in [4.78, 5) is 4.05. The van der Waals surface area contributed by atoms with Gasteiger partial charge in [0.25, 0.3) is 0 Å². The van der Waals surface area contributed by atoms with Crippen LogP contribution >= 0.6 is 7.26 Å². The molecular formula is C24H25N3P+. The molecule has 3 nitrogen and oxygen atoms in total. The molecule has 0 fully saturated rings. The van der Waals surface area contributed by atoms with Gasteiger partial charge in [-0.3, -0.25) is 4.68 Å². The first-order chi connectivity index (χ1) is 13.9. The molecule has 0 aliphatic rings. The summed E-state index contributed by atoms with van der Waals surface area (Å²) in [7, 11) is -1.71. The van der Waals surface area contributed by atoms with E-state index >= 15 is 0 Å². The zero-order valence-corrected chi connectivity index (χ0v) is 16.8. The van der Waals surface area contributed by atoms with E-state index in [2.05, 4.69) is 101 Å². The first-order valence-electron chi connectivity index (χ1n) is 9.77. The number of unbranched alkanes of at least 4 members (excludes halogenated alkanes) is 1. The van der Waals surface area contributed by atoms with Crippen LogP contribution in [0.25, 0.3) is 0 Å². The lowest BCUT2D eigenvalue weighted by molar-refractivity contribution is 0.572. The van der Waals surface area contributed by atoms with Crippen LogP contribution < -0.4 is 15.9 Å². The van der Waals surface area contributed by atoms with Crippen LogP contribution in [0.15, 0.2) is 104 Å². The van der Waals surface area contributed by atoms with Gasteiger partial charge in [0.1, 0.15) is 35.8 Å². The third-order valence-electron chi connectivity index (χ3n) is 5.19. The second-order valence-corrected chi connectivity index (χ2v) is 10.5. The molecule has 0 atom stereocenters. The van der Waals surface area contributed by atoms with Crippen molar-refractivity contribution in [2.75, 3.05) is 6.16 Å². The fourth-order valence-corrected chi connectivity index (χ4v) is 8.26. The van der Waals surface area contributed by atoms with Gasteiger partial charge >= 0.3 is 0 Å². The second-order valence-electron chi connectivity index (χ2n) is 6.91. The molecule has 0 radical (unpaired) electrons. The first-order valence-corrected chi connectivity index (χ1v) is 11.7. The highest BCUT2D eigenvalue weighted by atomic mass is 31.2. The number of benzene rings is 3. The van der Waals surface area contributed by atoms with Gasteiger partial charge < -0.3 is 0 Å². The number of aromatic nitrogens is 3. The van der Waals surface area contributed by atoms with Gasteiger partial charge in [-0.15, -0.1) is 0 Å². The van der Waals surface area contributed by atoms with Gasteiger partial charge in [0.15, 0.2) is 0 Å². The Bertz CT molecular complexity index is 858. The zero-order valence-electron chi connectivity index (χ0n) is 15.9. The molecule has 4 aromatic rings. The topological polar surface area (TPSA) is 30.7 Å². The number of hydrogen-bond acceptors (Lipinski definition) is 2. The van der Waals surface area contributed by atoms with E-state index in [-0.39, 0.29) is 0 Å². The Hall–Kier alpha value is -2.77. The van der Waals surface area contributed by atoms with Crippen LogP contribution in [-0.2, 0) is 6.54 Å². The smallest absolute Gasteiger partial charge is 0.137 e. The van der Waals surface area contributed by atoms with Crippen molar-refractivity contribution in [2.45, 2.75) is 19.4 Å². The van der Waals surface area contributed by atoms with E-state index in [0.717, 1.165) is 25.5 Å². The molecule has 28 heavy (non-hydrogen) atoms. The molecule has 1 aromatic heterocycles. The molecule has 0 aliphatic heterocycles. The van der Waals surface area contributed by atoms with E-state index in [1.165, 1.54) is 15.9 Å². The van der Waals surface area contributed by atoms with Crippen LogP contribution in [0.3, 0.4) is 0 Å². The summed E-state index contributed by atoms with van der Waals surface area (Å²) in [5.74, 6) is 0. The molecule has 0 unspecified atom stereocenters. The predicted octanol–water partition coefficient (Wildman–Crippen LogP) is 4.05. The average molecular weight is 386 g/mol. The van der Waals surface area contributed by atoms with Crippen molar-refractivity contribution in [3.63, 3.8) is 0 Å².